The molecule has 64 valence electrons. The van der Waals surface area contributed by atoms with Crippen LogP contribution in [0.1, 0.15) is 10.4 Å². The van der Waals surface area contributed by atoms with Gasteiger partial charge in [0.1, 0.15) is 0 Å². The Labute approximate surface area is 96.3 Å². The van der Waals surface area contributed by atoms with Crippen molar-refractivity contribution in [2.24, 2.45) is 0 Å². The second kappa shape index (κ2) is 4.38. The monoisotopic (exact) mass is 390 g/mol. The summed E-state index contributed by atoms with van der Waals surface area (Å²) in [7, 11) is 0. The standard InChI is InChI=1S/C7H4I2O3/c8-5-3-1-2-4(6(5)9)7(10)12-11/h1-3,11H. The molecular weight excluding hydrogens is 386 g/mol. The van der Waals surface area contributed by atoms with Crippen LogP contribution in [0.4, 0.5) is 0 Å². The third kappa shape index (κ3) is 2.07. The topological polar surface area (TPSA) is 46.5 Å². The van der Waals surface area contributed by atoms with Gasteiger partial charge in [-0.2, -0.15) is 5.26 Å². The highest BCUT2D eigenvalue weighted by Crippen LogP contribution is 2.19. The molecule has 0 aliphatic heterocycles. The summed E-state index contributed by atoms with van der Waals surface area (Å²) in [5.41, 5.74) is 0.380. The number of hydrogen-bond acceptors (Lipinski definition) is 3. The molecule has 0 spiro atoms. The molecule has 3 nitrogen and oxygen atoms in total. The maximum atomic E-state index is 10.9. The molecule has 0 heterocycles. The van der Waals surface area contributed by atoms with E-state index in [4.69, 9.17) is 5.26 Å². The van der Waals surface area contributed by atoms with Gasteiger partial charge in [0.05, 0.1) is 5.56 Å². The van der Waals surface area contributed by atoms with Crippen LogP contribution in [0.15, 0.2) is 18.2 Å². The largest absolute Gasteiger partial charge is 0.373 e. The molecular formula is C7H4I2O3. The van der Waals surface area contributed by atoms with Crippen LogP contribution in [-0.2, 0) is 4.89 Å². The van der Waals surface area contributed by atoms with Crippen LogP contribution in [0.25, 0.3) is 0 Å². The fourth-order valence-electron chi connectivity index (χ4n) is 0.711. The second-order valence-electron chi connectivity index (χ2n) is 1.98. The molecule has 0 saturated heterocycles. The van der Waals surface area contributed by atoms with Crippen LogP contribution in [0, 0.1) is 7.14 Å². The van der Waals surface area contributed by atoms with E-state index >= 15 is 0 Å². The van der Waals surface area contributed by atoms with E-state index in [0.29, 0.717) is 5.56 Å². The smallest absolute Gasteiger partial charge is 0.295 e. The molecule has 0 aliphatic rings. The first kappa shape index (κ1) is 10.2. The predicted octanol–water partition coefficient (Wildman–Crippen LogP) is 2.53. The Balaban J connectivity index is 3.16. The summed E-state index contributed by atoms with van der Waals surface area (Å²) in [6.45, 7) is 0. The Morgan fingerprint density at radius 2 is 2.08 bits per heavy atom. The van der Waals surface area contributed by atoms with Crippen molar-refractivity contribution in [2.45, 2.75) is 0 Å². The van der Waals surface area contributed by atoms with Crippen LogP contribution in [0.5, 0.6) is 0 Å². The molecule has 1 rings (SSSR count). The summed E-state index contributed by atoms with van der Waals surface area (Å²) in [6.07, 6.45) is 0. The molecule has 0 saturated carbocycles. The maximum absolute atomic E-state index is 10.9. The molecule has 5 heteroatoms. The van der Waals surface area contributed by atoms with Crippen molar-refractivity contribution in [1.29, 1.82) is 0 Å². The first-order valence-electron chi connectivity index (χ1n) is 2.96. The highest BCUT2D eigenvalue weighted by molar-refractivity contribution is 14.1. The van der Waals surface area contributed by atoms with E-state index in [1.807, 2.05) is 28.7 Å². The molecule has 0 unspecified atom stereocenters. The van der Waals surface area contributed by atoms with Crippen molar-refractivity contribution < 1.29 is 14.9 Å². The van der Waals surface area contributed by atoms with E-state index in [9.17, 15) is 4.79 Å². The Kier molecular flexibility index (Phi) is 3.72. The van der Waals surface area contributed by atoms with Crippen molar-refractivity contribution >= 4 is 51.2 Å². The van der Waals surface area contributed by atoms with Crippen molar-refractivity contribution in [3.8, 4) is 0 Å². The van der Waals surface area contributed by atoms with E-state index in [-0.39, 0.29) is 0 Å². The minimum Gasteiger partial charge on any atom is -0.295 e. The zero-order chi connectivity index (χ0) is 9.14. The van der Waals surface area contributed by atoms with E-state index < -0.39 is 5.97 Å². The molecule has 0 aliphatic carbocycles. The van der Waals surface area contributed by atoms with Crippen LogP contribution in [0.3, 0.4) is 0 Å². The van der Waals surface area contributed by atoms with Gasteiger partial charge in [0.2, 0.25) is 0 Å². The predicted molar refractivity (Wildman–Crippen MR) is 59.9 cm³/mol. The number of rotatable bonds is 1. The van der Waals surface area contributed by atoms with E-state index in [1.54, 1.807) is 12.1 Å². The van der Waals surface area contributed by atoms with Crippen molar-refractivity contribution in [3.05, 3.63) is 30.9 Å². The first-order valence-corrected chi connectivity index (χ1v) is 5.12. The van der Waals surface area contributed by atoms with E-state index in [1.165, 1.54) is 0 Å². The second-order valence-corrected chi connectivity index (χ2v) is 4.22. The Morgan fingerprint density at radius 3 is 2.67 bits per heavy atom. The normalized spacial score (nSPS) is 9.58. The van der Waals surface area contributed by atoms with Gasteiger partial charge >= 0.3 is 5.97 Å². The SMILES string of the molecule is O=C(OO)c1cccc(I)c1I. The quantitative estimate of drug-likeness (QED) is 0.456. The summed E-state index contributed by atoms with van der Waals surface area (Å²) in [6, 6.07) is 5.20. The summed E-state index contributed by atoms with van der Waals surface area (Å²) < 4.78 is 1.74. The molecule has 0 bridgehead atoms. The third-order valence-electron chi connectivity index (χ3n) is 1.25. The average Bonchev–Trinajstić information content (AvgIpc) is 2.08. The lowest BCUT2D eigenvalue weighted by molar-refractivity contribution is -0.182. The zero-order valence-corrected chi connectivity index (χ0v) is 10.1. The molecule has 0 aromatic heterocycles. The lowest BCUT2D eigenvalue weighted by Gasteiger charge is -2.01. The van der Waals surface area contributed by atoms with Gasteiger partial charge in [-0.1, -0.05) is 6.07 Å². The first-order chi connectivity index (χ1) is 5.66. The lowest BCUT2D eigenvalue weighted by atomic mass is 10.2. The number of hydrogen-bond donors (Lipinski definition) is 1. The summed E-state index contributed by atoms with van der Waals surface area (Å²) >= 11 is 4.13. The van der Waals surface area contributed by atoms with Gasteiger partial charge in [-0.25, -0.2) is 4.79 Å². The van der Waals surface area contributed by atoms with Crippen LogP contribution in [-0.4, -0.2) is 11.2 Å². The van der Waals surface area contributed by atoms with Gasteiger partial charge in [-0.05, 0) is 57.3 Å². The van der Waals surface area contributed by atoms with E-state index in [0.717, 1.165) is 7.14 Å². The van der Waals surface area contributed by atoms with Gasteiger partial charge in [-0.3, -0.25) is 4.89 Å². The van der Waals surface area contributed by atoms with Crippen LogP contribution in [0.2, 0.25) is 0 Å². The molecule has 0 atom stereocenters. The van der Waals surface area contributed by atoms with Crippen LogP contribution < -0.4 is 0 Å². The Hall–Kier alpha value is 0.110. The van der Waals surface area contributed by atoms with Gasteiger partial charge in [-0.15, -0.1) is 0 Å². The Morgan fingerprint density at radius 1 is 1.42 bits per heavy atom. The van der Waals surface area contributed by atoms with E-state index in [2.05, 4.69) is 27.5 Å². The Bertz CT molecular complexity index is 312. The summed E-state index contributed by atoms with van der Waals surface area (Å²) in [5.74, 6) is -0.724. The van der Waals surface area contributed by atoms with Crippen molar-refractivity contribution in [1.82, 2.24) is 0 Å². The minimum absolute atomic E-state index is 0.380. The number of carbonyl (C=O) groups excluding carboxylic acids is 1. The molecule has 0 fully saturated rings. The molecule has 1 aromatic rings. The number of carbonyl (C=O) groups is 1. The average molecular weight is 390 g/mol. The molecule has 12 heavy (non-hydrogen) atoms. The minimum atomic E-state index is -0.724. The number of halogens is 2. The highest BCUT2D eigenvalue weighted by atomic mass is 127. The maximum Gasteiger partial charge on any atom is 0.373 e. The molecule has 1 aromatic carbocycles. The van der Waals surface area contributed by atoms with Crippen LogP contribution >= 0.6 is 45.2 Å². The van der Waals surface area contributed by atoms with Crippen molar-refractivity contribution in [3.63, 3.8) is 0 Å². The van der Waals surface area contributed by atoms with Crippen molar-refractivity contribution in [2.75, 3.05) is 0 Å². The van der Waals surface area contributed by atoms with Gasteiger partial charge in [0.25, 0.3) is 0 Å². The summed E-state index contributed by atoms with van der Waals surface area (Å²) in [5, 5.41) is 8.15. The summed E-state index contributed by atoms with van der Waals surface area (Å²) in [4.78, 5) is 14.5. The fourth-order valence-corrected chi connectivity index (χ4v) is 1.79. The van der Waals surface area contributed by atoms with Gasteiger partial charge < -0.3 is 0 Å². The van der Waals surface area contributed by atoms with Gasteiger partial charge in [0.15, 0.2) is 0 Å². The highest BCUT2D eigenvalue weighted by Gasteiger charge is 2.12. The zero-order valence-electron chi connectivity index (χ0n) is 5.75. The fraction of sp³-hybridized carbons (Fsp3) is 0. The molecule has 0 radical (unpaired) electrons. The molecule has 0 amide bonds. The van der Waals surface area contributed by atoms with Gasteiger partial charge in [0, 0.05) is 7.14 Å². The number of benzene rings is 1. The molecule has 1 N–H and O–H groups in total. The lowest BCUT2D eigenvalue weighted by Crippen LogP contribution is -2.04. The third-order valence-corrected chi connectivity index (χ3v) is 4.35.